The minimum Gasteiger partial charge on any atom is -0.481 e. The lowest BCUT2D eigenvalue weighted by molar-refractivity contribution is -0.137. The second kappa shape index (κ2) is 16.5. The SMILES string of the molecule is C=C(/C=C/C=C1/N(CCCCCC(=O)O)c2ccc(S(=O)(=O)O)cc2C1(C)CCOC)C(C)(CCCS(=O)(=O)O)c1cc(S(=O)(=O)O)ccc1C. The molecule has 2 aromatic rings. The number of carbonyl (C=O) groups is 1. The van der Waals surface area contributed by atoms with E-state index in [2.05, 4.69) is 6.58 Å². The van der Waals surface area contributed by atoms with E-state index in [9.17, 15) is 43.7 Å². The highest BCUT2D eigenvalue weighted by molar-refractivity contribution is 7.86. The maximum atomic E-state index is 12.1. The minimum atomic E-state index is -4.57. The molecule has 0 saturated heterocycles. The Morgan fingerprint density at radius 1 is 0.961 bits per heavy atom. The Labute approximate surface area is 301 Å². The van der Waals surface area contributed by atoms with Crippen molar-refractivity contribution in [2.75, 3.05) is 30.9 Å². The number of hydrogen-bond donors (Lipinski definition) is 4. The van der Waals surface area contributed by atoms with Crippen molar-refractivity contribution in [3.05, 3.63) is 89.2 Å². The van der Waals surface area contributed by atoms with Gasteiger partial charge < -0.3 is 14.7 Å². The van der Waals surface area contributed by atoms with Crippen LogP contribution in [0.25, 0.3) is 0 Å². The predicted molar refractivity (Wildman–Crippen MR) is 194 cm³/mol. The van der Waals surface area contributed by atoms with Crippen LogP contribution < -0.4 is 4.90 Å². The number of methoxy groups -OCH3 is 1. The van der Waals surface area contributed by atoms with Crippen LogP contribution in [0.5, 0.6) is 0 Å². The second-order valence-corrected chi connectivity index (χ2v) is 17.6. The van der Waals surface area contributed by atoms with Crippen LogP contribution in [0.3, 0.4) is 0 Å². The molecule has 4 N–H and O–H groups in total. The second-order valence-electron chi connectivity index (χ2n) is 13.2. The summed E-state index contributed by atoms with van der Waals surface area (Å²) in [5.74, 6) is -1.42. The lowest BCUT2D eigenvalue weighted by atomic mass is 9.71. The van der Waals surface area contributed by atoms with Gasteiger partial charge in [0.1, 0.15) is 0 Å². The Hall–Kier alpha value is -3.38. The Morgan fingerprint density at radius 2 is 1.59 bits per heavy atom. The van der Waals surface area contributed by atoms with E-state index in [1.54, 1.807) is 39.2 Å². The minimum absolute atomic E-state index is 0.00891. The lowest BCUT2D eigenvalue weighted by Crippen LogP contribution is -2.30. The zero-order valence-electron chi connectivity index (χ0n) is 29.2. The van der Waals surface area contributed by atoms with E-state index >= 15 is 0 Å². The van der Waals surface area contributed by atoms with E-state index < -0.39 is 52.9 Å². The maximum absolute atomic E-state index is 12.1. The molecule has 0 bridgehead atoms. The number of unbranched alkanes of at least 4 members (excludes halogenated alkanes) is 2. The first-order valence-electron chi connectivity index (χ1n) is 16.3. The molecule has 2 aromatic carbocycles. The van der Waals surface area contributed by atoms with Gasteiger partial charge in [0.15, 0.2) is 0 Å². The van der Waals surface area contributed by atoms with E-state index in [1.165, 1.54) is 30.3 Å². The Balaban J connectivity index is 2.15. The first kappa shape index (κ1) is 42.0. The van der Waals surface area contributed by atoms with Crippen molar-refractivity contribution in [2.45, 2.75) is 86.3 Å². The molecule has 3 rings (SSSR count). The fourth-order valence-corrected chi connectivity index (χ4v) is 8.12. The smallest absolute Gasteiger partial charge is 0.303 e. The summed E-state index contributed by atoms with van der Waals surface area (Å²) < 4.78 is 106. The summed E-state index contributed by atoms with van der Waals surface area (Å²) in [4.78, 5) is 12.5. The van der Waals surface area contributed by atoms with E-state index in [0.717, 1.165) is 5.70 Å². The fraction of sp³-hybridized carbons (Fsp3) is 0.457. The van der Waals surface area contributed by atoms with Crippen LogP contribution in [-0.2, 0) is 50.7 Å². The molecule has 0 aromatic heterocycles. The van der Waals surface area contributed by atoms with Gasteiger partial charge in [-0.15, -0.1) is 0 Å². The number of hydrogen-bond acceptors (Lipinski definition) is 9. The van der Waals surface area contributed by atoms with Crippen LogP contribution in [0.1, 0.15) is 75.5 Å². The molecule has 0 fully saturated rings. The number of aryl methyl sites for hydroxylation is 1. The van der Waals surface area contributed by atoms with Gasteiger partial charge in [0.05, 0.1) is 15.5 Å². The van der Waals surface area contributed by atoms with Crippen molar-refractivity contribution >= 4 is 42.0 Å². The van der Waals surface area contributed by atoms with Gasteiger partial charge in [-0.05, 0) is 105 Å². The lowest BCUT2D eigenvalue weighted by Gasteiger charge is -2.33. The van der Waals surface area contributed by atoms with Crippen LogP contribution in [0.4, 0.5) is 5.69 Å². The standard InChI is InChI=1S/C35H47NO12S3/c1-25-14-15-27(50(42,43)44)23-29(25)34(3,18-10-22-49(39,40)41)26(2)11-9-12-32-35(4,19-21-48-5)30-24-28(51(45,46)47)16-17-31(30)36(32)20-8-6-7-13-33(37)38/h9,11-12,14-17,23-24H,2,6-8,10,13,18-22H2,1,3-5H3,(H,37,38)(H,39,40,41)(H,42,43,44)(H,45,46,47)/b11-9+,32-12+. The summed E-state index contributed by atoms with van der Waals surface area (Å²) >= 11 is 0. The molecule has 0 saturated carbocycles. The summed E-state index contributed by atoms with van der Waals surface area (Å²) in [7, 11) is -11.8. The van der Waals surface area contributed by atoms with E-state index in [-0.39, 0.29) is 29.1 Å². The van der Waals surface area contributed by atoms with Crippen LogP contribution in [-0.4, -0.2) is 76.0 Å². The Morgan fingerprint density at radius 3 is 2.18 bits per heavy atom. The van der Waals surface area contributed by atoms with Gasteiger partial charge in [-0.1, -0.05) is 38.1 Å². The molecule has 2 atom stereocenters. The van der Waals surface area contributed by atoms with Gasteiger partial charge in [0, 0.05) is 48.9 Å². The molecule has 1 aliphatic heterocycles. The molecular weight excluding hydrogens is 723 g/mol. The first-order valence-corrected chi connectivity index (χ1v) is 20.8. The van der Waals surface area contributed by atoms with Gasteiger partial charge in [-0.3, -0.25) is 18.5 Å². The summed E-state index contributed by atoms with van der Waals surface area (Å²) in [6.07, 6.45) is 7.61. The number of rotatable bonds is 19. The molecule has 0 radical (unpaired) electrons. The van der Waals surface area contributed by atoms with Gasteiger partial charge in [-0.25, -0.2) is 0 Å². The Bertz CT molecular complexity index is 2020. The topological polar surface area (TPSA) is 213 Å². The monoisotopic (exact) mass is 769 g/mol. The maximum Gasteiger partial charge on any atom is 0.303 e. The summed E-state index contributed by atoms with van der Waals surface area (Å²) in [6.45, 7) is 10.5. The van der Waals surface area contributed by atoms with E-state index in [4.69, 9.17) is 9.84 Å². The van der Waals surface area contributed by atoms with Crippen LogP contribution in [0, 0.1) is 6.92 Å². The number of nitrogens with zero attached hydrogens (tertiary/aromatic N) is 1. The summed E-state index contributed by atoms with van der Waals surface area (Å²) in [5, 5.41) is 9.07. The first-order chi connectivity index (χ1) is 23.5. The highest BCUT2D eigenvalue weighted by Gasteiger charge is 2.43. The van der Waals surface area contributed by atoms with Crippen LogP contribution >= 0.6 is 0 Å². The summed E-state index contributed by atoms with van der Waals surface area (Å²) in [6, 6.07) is 8.51. The predicted octanol–water partition coefficient (Wildman–Crippen LogP) is 5.87. The third-order valence-electron chi connectivity index (χ3n) is 9.53. The molecule has 0 amide bonds. The number of ether oxygens (including phenoxy) is 1. The Kier molecular flexibility index (Phi) is 13.6. The van der Waals surface area contributed by atoms with Crippen molar-refractivity contribution < 1.29 is 53.5 Å². The zero-order chi connectivity index (χ0) is 38.4. The highest BCUT2D eigenvalue weighted by Crippen LogP contribution is 2.51. The van der Waals surface area contributed by atoms with Gasteiger partial charge >= 0.3 is 5.97 Å². The number of benzene rings is 2. The molecule has 13 nitrogen and oxygen atoms in total. The molecule has 16 heteroatoms. The summed E-state index contributed by atoms with van der Waals surface area (Å²) in [5.41, 5.74) is 1.86. The number of fused-ring (bicyclic) bond motifs is 1. The third-order valence-corrected chi connectivity index (χ3v) is 12.0. The van der Waals surface area contributed by atoms with Crippen LogP contribution in [0.15, 0.2) is 82.3 Å². The molecule has 0 aliphatic carbocycles. The molecule has 0 spiro atoms. The van der Waals surface area contributed by atoms with E-state index in [1.807, 2.05) is 17.9 Å². The zero-order valence-corrected chi connectivity index (χ0v) is 31.7. The number of carboxylic acids is 1. The van der Waals surface area contributed by atoms with Crippen molar-refractivity contribution in [1.29, 1.82) is 0 Å². The van der Waals surface area contributed by atoms with Crippen molar-refractivity contribution in [3.8, 4) is 0 Å². The number of carboxylic acid groups (broad SMARTS) is 1. The van der Waals surface area contributed by atoms with E-state index in [0.29, 0.717) is 66.8 Å². The third kappa shape index (κ3) is 10.6. The molecule has 2 unspecified atom stereocenters. The van der Waals surface area contributed by atoms with Crippen molar-refractivity contribution in [1.82, 2.24) is 0 Å². The quantitative estimate of drug-likeness (QED) is 0.0749. The van der Waals surface area contributed by atoms with Gasteiger partial charge in [-0.2, -0.15) is 25.3 Å². The highest BCUT2D eigenvalue weighted by atomic mass is 32.2. The van der Waals surface area contributed by atoms with Crippen LogP contribution in [0.2, 0.25) is 0 Å². The number of anilines is 1. The fourth-order valence-electron chi connectivity index (χ4n) is 6.60. The average molecular weight is 770 g/mol. The number of allylic oxidation sites excluding steroid dienone is 5. The largest absolute Gasteiger partial charge is 0.481 e. The molecule has 282 valence electrons. The molecule has 1 aliphatic rings. The number of aliphatic carboxylic acids is 1. The van der Waals surface area contributed by atoms with Crippen molar-refractivity contribution in [3.63, 3.8) is 0 Å². The molecule has 51 heavy (non-hydrogen) atoms. The molecular formula is C35H47NO12S3. The van der Waals surface area contributed by atoms with Gasteiger partial charge in [0.2, 0.25) is 0 Å². The molecule has 1 heterocycles. The van der Waals surface area contributed by atoms with Crippen molar-refractivity contribution in [2.24, 2.45) is 0 Å². The normalized spacial score (nSPS) is 18.6. The average Bonchev–Trinajstić information content (AvgIpc) is 3.24. The van der Waals surface area contributed by atoms with Gasteiger partial charge in [0.25, 0.3) is 30.4 Å².